The number of ether oxygens (including phenoxy) is 1. The molecule has 3 nitrogen and oxygen atoms in total. The van der Waals surface area contributed by atoms with Crippen LogP contribution in [0.1, 0.15) is 51.9 Å². The molecule has 1 N–H and O–H groups in total. The van der Waals surface area contributed by atoms with Gasteiger partial charge in [-0.2, -0.15) is 0 Å². The fourth-order valence-corrected chi connectivity index (χ4v) is 6.77. The molecule has 0 aromatic heterocycles. The molecule has 26 heavy (non-hydrogen) atoms. The molecule has 4 fully saturated rings. The quantitative estimate of drug-likeness (QED) is 0.522. The number of rotatable bonds is 7. The van der Waals surface area contributed by atoms with Gasteiger partial charge in [-0.1, -0.05) is 0 Å². The van der Waals surface area contributed by atoms with Crippen molar-refractivity contribution in [1.82, 2.24) is 0 Å². The number of phenols is 1. The van der Waals surface area contributed by atoms with Gasteiger partial charge in [0.1, 0.15) is 5.75 Å². The van der Waals surface area contributed by atoms with E-state index in [9.17, 15) is 9.90 Å². The second kappa shape index (κ2) is 7.84. The third kappa shape index (κ3) is 4.21. The van der Waals surface area contributed by atoms with Crippen molar-refractivity contribution in [1.29, 1.82) is 0 Å². The Balaban J connectivity index is 1.19. The van der Waals surface area contributed by atoms with Gasteiger partial charge in [0.05, 0.1) is 12.5 Å². The van der Waals surface area contributed by atoms with Crippen LogP contribution in [0.5, 0.6) is 5.75 Å². The van der Waals surface area contributed by atoms with E-state index < -0.39 is 0 Å². The van der Waals surface area contributed by atoms with Gasteiger partial charge in [-0.15, -0.1) is 11.8 Å². The minimum atomic E-state index is -0.0763. The van der Waals surface area contributed by atoms with Gasteiger partial charge in [0, 0.05) is 10.6 Å². The van der Waals surface area contributed by atoms with Gasteiger partial charge in [0.2, 0.25) is 0 Å². The molecule has 1 atom stereocenters. The van der Waals surface area contributed by atoms with E-state index in [4.69, 9.17) is 4.74 Å². The third-order valence-corrected chi connectivity index (χ3v) is 7.78. The molecule has 1 aromatic rings. The van der Waals surface area contributed by atoms with Crippen molar-refractivity contribution >= 4 is 17.7 Å². The standard InChI is InChI=1S/C22H30O3S/c1-14(8-21-17-10-15-9-16(12-17)13-18(21)11-15)25-22(24)6-7-26-20-4-2-19(23)3-5-20/h2-5,14-18,21,23H,6-13H2,1H3. The second-order valence-electron chi connectivity index (χ2n) is 8.72. The van der Waals surface area contributed by atoms with Gasteiger partial charge >= 0.3 is 5.97 Å². The van der Waals surface area contributed by atoms with Crippen molar-refractivity contribution in [2.45, 2.75) is 62.9 Å². The first-order valence-electron chi connectivity index (χ1n) is 10.2. The first kappa shape index (κ1) is 18.2. The van der Waals surface area contributed by atoms with Crippen molar-refractivity contribution in [3.8, 4) is 5.75 Å². The first-order valence-corrected chi connectivity index (χ1v) is 11.2. The maximum absolute atomic E-state index is 12.2. The van der Waals surface area contributed by atoms with Crippen LogP contribution in [-0.2, 0) is 9.53 Å². The van der Waals surface area contributed by atoms with Crippen LogP contribution in [-0.4, -0.2) is 22.9 Å². The van der Waals surface area contributed by atoms with Crippen molar-refractivity contribution < 1.29 is 14.6 Å². The Labute approximate surface area is 160 Å². The number of thioether (sulfide) groups is 1. The molecule has 4 bridgehead atoms. The highest BCUT2D eigenvalue weighted by molar-refractivity contribution is 7.99. The number of aromatic hydroxyl groups is 1. The molecule has 4 aliphatic carbocycles. The van der Waals surface area contributed by atoms with Gasteiger partial charge in [0.15, 0.2) is 0 Å². The van der Waals surface area contributed by atoms with Crippen LogP contribution in [0, 0.1) is 29.6 Å². The Morgan fingerprint density at radius 2 is 1.73 bits per heavy atom. The highest BCUT2D eigenvalue weighted by atomic mass is 32.2. The largest absolute Gasteiger partial charge is 0.508 e. The molecule has 1 aromatic carbocycles. The van der Waals surface area contributed by atoms with Crippen LogP contribution < -0.4 is 0 Å². The van der Waals surface area contributed by atoms with Crippen LogP contribution in [0.2, 0.25) is 0 Å². The molecule has 0 saturated heterocycles. The zero-order chi connectivity index (χ0) is 18.1. The van der Waals surface area contributed by atoms with Crippen LogP contribution in [0.4, 0.5) is 0 Å². The van der Waals surface area contributed by atoms with Gasteiger partial charge in [0.25, 0.3) is 0 Å². The van der Waals surface area contributed by atoms with Gasteiger partial charge in [-0.25, -0.2) is 0 Å². The molecule has 0 heterocycles. The molecular formula is C22H30O3S. The zero-order valence-electron chi connectivity index (χ0n) is 15.6. The summed E-state index contributed by atoms with van der Waals surface area (Å²) in [4.78, 5) is 13.2. The molecule has 4 heteroatoms. The van der Waals surface area contributed by atoms with Gasteiger partial charge in [-0.3, -0.25) is 4.79 Å². The topological polar surface area (TPSA) is 46.5 Å². The lowest BCUT2D eigenvalue weighted by Crippen LogP contribution is -2.46. The number of phenolic OH excluding ortho intramolecular Hbond substituents is 1. The summed E-state index contributed by atoms with van der Waals surface area (Å²) < 4.78 is 5.72. The average molecular weight is 375 g/mol. The highest BCUT2D eigenvalue weighted by Crippen LogP contribution is 2.57. The normalized spacial score (nSPS) is 33.2. The van der Waals surface area contributed by atoms with E-state index in [-0.39, 0.29) is 17.8 Å². The smallest absolute Gasteiger partial charge is 0.306 e. The maximum Gasteiger partial charge on any atom is 0.306 e. The highest BCUT2D eigenvalue weighted by Gasteiger charge is 2.48. The van der Waals surface area contributed by atoms with Crippen LogP contribution in [0.3, 0.4) is 0 Å². The lowest BCUT2D eigenvalue weighted by Gasteiger charge is -2.55. The lowest BCUT2D eigenvalue weighted by molar-refractivity contribution is -0.150. The summed E-state index contributed by atoms with van der Waals surface area (Å²) in [7, 11) is 0. The summed E-state index contributed by atoms with van der Waals surface area (Å²) in [6, 6.07) is 7.10. The molecule has 0 radical (unpaired) electrons. The van der Waals surface area contributed by atoms with E-state index in [1.165, 1.54) is 32.1 Å². The number of esters is 1. The minimum absolute atomic E-state index is 0.0451. The fraction of sp³-hybridized carbons (Fsp3) is 0.682. The summed E-state index contributed by atoms with van der Waals surface area (Å²) in [5, 5.41) is 9.30. The average Bonchev–Trinajstić information content (AvgIpc) is 2.59. The molecule has 4 saturated carbocycles. The molecule has 142 valence electrons. The first-order chi connectivity index (χ1) is 12.6. The van der Waals surface area contributed by atoms with E-state index in [1.807, 2.05) is 12.1 Å². The van der Waals surface area contributed by atoms with Crippen molar-refractivity contribution in [3.05, 3.63) is 24.3 Å². The van der Waals surface area contributed by atoms with Crippen LogP contribution in [0.15, 0.2) is 29.2 Å². The molecule has 0 aliphatic heterocycles. The predicted octanol–water partition coefficient (Wildman–Crippen LogP) is 5.27. The summed E-state index contributed by atoms with van der Waals surface area (Å²) >= 11 is 1.63. The zero-order valence-corrected chi connectivity index (χ0v) is 16.4. The van der Waals surface area contributed by atoms with Gasteiger partial charge in [-0.05, 0) is 99.3 Å². The SMILES string of the molecule is CC(CC1C2CC3CC(C2)CC1C3)OC(=O)CCSc1ccc(O)cc1. The fourth-order valence-electron chi connectivity index (χ4n) is 5.93. The maximum atomic E-state index is 12.2. The molecule has 5 rings (SSSR count). The van der Waals surface area contributed by atoms with E-state index >= 15 is 0 Å². The van der Waals surface area contributed by atoms with E-state index in [1.54, 1.807) is 23.9 Å². The van der Waals surface area contributed by atoms with Crippen molar-refractivity contribution in [2.24, 2.45) is 29.6 Å². The minimum Gasteiger partial charge on any atom is -0.508 e. The number of benzene rings is 1. The summed E-state index contributed by atoms with van der Waals surface area (Å²) in [5.41, 5.74) is 0. The molecule has 4 aliphatic rings. The van der Waals surface area contributed by atoms with Crippen LogP contribution >= 0.6 is 11.8 Å². The van der Waals surface area contributed by atoms with E-state index in [0.29, 0.717) is 12.2 Å². The molecule has 0 spiro atoms. The summed E-state index contributed by atoms with van der Waals surface area (Å²) in [6.45, 7) is 2.08. The van der Waals surface area contributed by atoms with E-state index in [0.717, 1.165) is 40.9 Å². The summed E-state index contributed by atoms with van der Waals surface area (Å²) in [6.07, 6.45) is 8.77. The number of carbonyl (C=O) groups excluding carboxylic acids is 1. The Kier molecular flexibility index (Phi) is 5.49. The van der Waals surface area contributed by atoms with Crippen molar-refractivity contribution in [2.75, 3.05) is 5.75 Å². The van der Waals surface area contributed by atoms with E-state index in [2.05, 4.69) is 6.92 Å². The Morgan fingerprint density at radius 1 is 1.12 bits per heavy atom. The van der Waals surface area contributed by atoms with Gasteiger partial charge < -0.3 is 9.84 Å². The second-order valence-corrected chi connectivity index (χ2v) is 9.89. The number of hydrogen-bond acceptors (Lipinski definition) is 4. The lowest BCUT2D eigenvalue weighted by atomic mass is 9.51. The molecule has 0 amide bonds. The Hall–Kier alpha value is -1.16. The Bertz CT molecular complexity index is 599. The molecule has 1 unspecified atom stereocenters. The Morgan fingerprint density at radius 3 is 2.35 bits per heavy atom. The summed E-state index contributed by atoms with van der Waals surface area (Å²) in [5.74, 6) is 5.51. The van der Waals surface area contributed by atoms with Crippen LogP contribution in [0.25, 0.3) is 0 Å². The third-order valence-electron chi connectivity index (χ3n) is 6.77. The predicted molar refractivity (Wildman–Crippen MR) is 104 cm³/mol. The number of hydrogen-bond donors (Lipinski definition) is 1. The monoisotopic (exact) mass is 374 g/mol. The van der Waals surface area contributed by atoms with Crippen molar-refractivity contribution in [3.63, 3.8) is 0 Å². The number of carbonyl (C=O) groups is 1. The molecular weight excluding hydrogens is 344 g/mol.